The third-order valence-corrected chi connectivity index (χ3v) is 15.3. The fourth-order valence-corrected chi connectivity index (χ4v) is 10.1. The summed E-state index contributed by atoms with van der Waals surface area (Å²) in [5.41, 5.74) is 0. The van der Waals surface area contributed by atoms with E-state index in [0.717, 1.165) is 83.5 Å². The van der Waals surface area contributed by atoms with Crippen molar-refractivity contribution in [1.82, 2.24) is 5.32 Å². The van der Waals surface area contributed by atoms with Gasteiger partial charge in [-0.05, 0) is 96.0 Å². The second-order valence-electron chi connectivity index (χ2n) is 23.2. The number of likely N-dealkylation sites (N-methyl/N-ethyl adjacent to an activating group) is 1. The molecule has 10 heteroatoms. The summed E-state index contributed by atoms with van der Waals surface area (Å²) < 4.78 is 30.3. The number of quaternary nitrogens is 1. The van der Waals surface area contributed by atoms with Gasteiger partial charge in [-0.2, -0.15) is 0 Å². The second-order valence-corrected chi connectivity index (χ2v) is 24.6. The van der Waals surface area contributed by atoms with E-state index in [2.05, 4.69) is 86.8 Å². The van der Waals surface area contributed by atoms with Gasteiger partial charge in [-0.25, -0.2) is 0 Å². The van der Waals surface area contributed by atoms with Crippen LogP contribution in [0.25, 0.3) is 0 Å². The highest BCUT2D eigenvalue weighted by Gasteiger charge is 2.27. The molecule has 1 amide bonds. The molecule has 0 aliphatic carbocycles. The van der Waals surface area contributed by atoms with Crippen molar-refractivity contribution in [2.75, 3.05) is 40.9 Å². The van der Waals surface area contributed by atoms with Crippen LogP contribution in [0.4, 0.5) is 0 Å². The van der Waals surface area contributed by atoms with Crippen LogP contribution >= 0.6 is 7.82 Å². The summed E-state index contributed by atoms with van der Waals surface area (Å²) >= 11 is 0. The molecule has 0 aromatic rings. The van der Waals surface area contributed by atoms with Crippen LogP contribution < -0.4 is 10.2 Å². The first-order valence-corrected chi connectivity index (χ1v) is 34.2. The van der Waals surface area contributed by atoms with Gasteiger partial charge in [0.05, 0.1) is 33.8 Å². The lowest BCUT2D eigenvalue weighted by Crippen LogP contribution is -2.47. The number of nitrogens with one attached hydrogen (secondary N) is 1. The van der Waals surface area contributed by atoms with Crippen molar-refractivity contribution >= 4 is 19.7 Å². The number of amides is 1. The average Bonchev–Trinajstić information content (AvgIpc) is 3.40. The van der Waals surface area contributed by atoms with E-state index in [1.165, 1.54) is 173 Å². The Morgan fingerprint density at radius 1 is 0.462 bits per heavy atom. The highest BCUT2D eigenvalue weighted by molar-refractivity contribution is 7.45. The van der Waals surface area contributed by atoms with Crippen molar-refractivity contribution in [3.63, 3.8) is 0 Å². The van der Waals surface area contributed by atoms with Gasteiger partial charge in [0.25, 0.3) is 7.82 Å². The number of hydrogen-bond acceptors (Lipinski definition) is 7. The van der Waals surface area contributed by atoms with Crippen molar-refractivity contribution < 1.29 is 37.3 Å². The van der Waals surface area contributed by atoms with E-state index in [1.54, 1.807) is 0 Å². The quantitative estimate of drug-likeness (QED) is 0.0212. The number of unbranched alkanes of at least 4 members (excludes halogenated alkanes) is 33. The normalized spacial score (nSPS) is 14.1. The molecule has 0 aromatic heterocycles. The molecule has 0 aliphatic heterocycles. The maximum Gasteiger partial charge on any atom is 0.306 e. The molecule has 3 atom stereocenters. The van der Waals surface area contributed by atoms with Crippen LogP contribution in [0.2, 0.25) is 0 Å². The van der Waals surface area contributed by atoms with E-state index in [-0.39, 0.29) is 31.3 Å². The second kappa shape index (κ2) is 57.7. The zero-order valence-corrected chi connectivity index (χ0v) is 52.8. The maximum atomic E-state index is 13.5. The molecule has 454 valence electrons. The molecule has 9 nitrogen and oxygen atoms in total. The Bertz CT molecular complexity index is 1570. The van der Waals surface area contributed by atoms with Crippen LogP contribution in [-0.2, 0) is 27.9 Å². The van der Waals surface area contributed by atoms with Gasteiger partial charge in [0.1, 0.15) is 19.3 Å². The molecule has 0 heterocycles. The number of esters is 1. The third-order valence-electron chi connectivity index (χ3n) is 14.4. The SMILES string of the molecule is CC/C=C/C/C=C/C/C=C/C/C=C/CCCCCC(=O)NC(COP(=O)([O-])OCC[N+](C)(C)C)C(/C=C\CCCCCCCCCCCCC)OC(=O)CCCCCCCCCCCCCCC/C=C/CCCCCCCC. The molecule has 0 radical (unpaired) electrons. The highest BCUT2D eigenvalue weighted by atomic mass is 31.2. The molecule has 0 rings (SSSR count). The number of phosphoric ester groups is 1. The summed E-state index contributed by atoms with van der Waals surface area (Å²) in [6.45, 7) is 6.72. The number of ether oxygens (including phenoxy) is 1. The van der Waals surface area contributed by atoms with Crippen molar-refractivity contribution in [2.24, 2.45) is 0 Å². The number of hydrogen-bond donors (Lipinski definition) is 1. The van der Waals surface area contributed by atoms with E-state index < -0.39 is 26.6 Å². The van der Waals surface area contributed by atoms with Crippen LogP contribution in [0.5, 0.6) is 0 Å². The van der Waals surface area contributed by atoms with Crippen LogP contribution in [-0.4, -0.2) is 69.4 Å². The first kappa shape index (κ1) is 75.5. The minimum atomic E-state index is -4.71. The topological polar surface area (TPSA) is 114 Å². The molecular weight excluding hydrogens is 988 g/mol. The maximum absolute atomic E-state index is 13.5. The average molecular weight is 1110 g/mol. The Balaban J connectivity index is 5.21. The molecule has 0 aromatic carbocycles. The lowest BCUT2D eigenvalue weighted by Gasteiger charge is -2.30. The first-order valence-electron chi connectivity index (χ1n) is 32.7. The summed E-state index contributed by atoms with van der Waals surface area (Å²) in [6.07, 6.45) is 74.5. The lowest BCUT2D eigenvalue weighted by atomic mass is 10.0. The number of nitrogens with zero attached hydrogens (tertiary/aromatic N) is 1. The first-order chi connectivity index (χ1) is 37.9. The van der Waals surface area contributed by atoms with Gasteiger partial charge in [0.15, 0.2) is 0 Å². The molecule has 0 saturated carbocycles. The fourth-order valence-electron chi connectivity index (χ4n) is 9.33. The number of phosphoric acid groups is 1. The molecular formula is C68H125N2O7P. The lowest BCUT2D eigenvalue weighted by molar-refractivity contribution is -0.870. The Morgan fingerprint density at radius 3 is 1.26 bits per heavy atom. The molecule has 1 N–H and O–H groups in total. The predicted molar refractivity (Wildman–Crippen MR) is 335 cm³/mol. The summed E-state index contributed by atoms with van der Waals surface area (Å²) in [7, 11) is 1.16. The Morgan fingerprint density at radius 2 is 0.821 bits per heavy atom. The van der Waals surface area contributed by atoms with Crippen LogP contribution in [0.3, 0.4) is 0 Å². The molecule has 0 fully saturated rings. The molecule has 0 saturated heterocycles. The van der Waals surface area contributed by atoms with Crippen LogP contribution in [0, 0.1) is 0 Å². The minimum Gasteiger partial charge on any atom is -0.756 e. The number of carbonyl (C=O) groups excluding carboxylic acids is 2. The monoisotopic (exact) mass is 1110 g/mol. The van der Waals surface area contributed by atoms with E-state index in [1.807, 2.05) is 33.3 Å². The smallest absolute Gasteiger partial charge is 0.306 e. The molecule has 0 aliphatic rings. The Labute approximate surface area is 483 Å². The number of allylic oxidation sites excluding steroid dienone is 11. The minimum absolute atomic E-state index is 0.0303. The third kappa shape index (κ3) is 58.1. The summed E-state index contributed by atoms with van der Waals surface area (Å²) in [4.78, 5) is 40.0. The molecule has 0 spiro atoms. The van der Waals surface area contributed by atoms with E-state index >= 15 is 0 Å². The van der Waals surface area contributed by atoms with E-state index in [0.29, 0.717) is 17.4 Å². The van der Waals surface area contributed by atoms with Gasteiger partial charge in [-0.1, -0.05) is 261 Å². The van der Waals surface area contributed by atoms with Crippen molar-refractivity contribution in [2.45, 2.75) is 309 Å². The molecule has 3 unspecified atom stereocenters. The zero-order chi connectivity index (χ0) is 57.2. The van der Waals surface area contributed by atoms with E-state index in [4.69, 9.17) is 13.8 Å². The summed E-state index contributed by atoms with van der Waals surface area (Å²) in [6, 6.07) is -0.907. The van der Waals surface area contributed by atoms with Gasteiger partial charge in [0, 0.05) is 12.8 Å². The highest BCUT2D eigenvalue weighted by Crippen LogP contribution is 2.38. The predicted octanol–water partition coefficient (Wildman–Crippen LogP) is 19.8. The van der Waals surface area contributed by atoms with Crippen molar-refractivity contribution in [3.05, 3.63) is 72.9 Å². The molecule has 78 heavy (non-hydrogen) atoms. The number of rotatable bonds is 59. The molecule has 0 bridgehead atoms. The van der Waals surface area contributed by atoms with Gasteiger partial charge in [-0.15, -0.1) is 0 Å². The largest absolute Gasteiger partial charge is 0.756 e. The van der Waals surface area contributed by atoms with Crippen molar-refractivity contribution in [1.29, 1.82) is 0 Å². The standard InChI is InChI=1S/C68H125N2O7P/c1-7-10-13-16-19-22-25-28-30-32-33-34-35-36-37-38-40-43-46-49-52-55-58-61-68(72)77-66(59-56-53-50-47-44-41-27-24-21-18-15-12-9-3)65(64-76-78(73,74)75-63-62-70(4,5)6)69-67(71)60-57-54-51-48-45-42-39-31-29-26-23-20-17-14-11-8-2/h11,14,20,23,28-31,42,45,56,59,65-66H,7-10,12-13,15-19,21-22,24-27,32-41,43-44,46-55,57-58,60-64H2,1-6H3,(H-,69,71,73,74)/b14-11+,23-20+,30-28+,31-29+,45-42+,59-56-. The van der Waals surface area contributed by atoms with Gasteiger partial charge in [0.2, 0.25) is 5.91 Å². The Hall–Kier alpha value is -2.55. The summed E-state index contributed by atoms with van der Waals surface area (Å²) in [5.74, 6) is -0.571. The van der Waals surface area contributed by atoms with E-state index in [9.17, 15) is 19.0 Å². The van der Waals surface area contributed by atoms with Crippen molar-refractivity contribution in [3.8, 4) is 0 Å². The van der Waals surface area contributed by atoms with Gasteiger partial charge >= 0.3 is 5.97 Å². The Kier molecular flexibility index (Phi) is 55.8. The number of carbonyl (C=O) groups is 2. The van der Waals surface area contributed by atoms with Gasteiger partial charge < -0.3 is 28.5 Å². The van der Waals surface area contributed by atoms with Gasteiger partial charge in [-0.3, -0.25) is 14.2 Å². The summed E-state index contributed by atoms with van der Waals surface area (Å²) in [5, 5.41) is 3.02. The fraction of sp³-hybridized carbons (Fsp3) is 0.794. The van der Waals surface area contributed by atoms with Crippen LogP contribution in [0.15, 0.2) is 72.9 Å². The van der Waals surface area contributed by atoms with Crippen LogP contribution in [0.1, 0.15) is 297 Å². The zero-order valence-electron chi connectivity index (χ0n) is 51.9.